The Bertz CT molecular complexity index is 639. The molecule has 2 aromatic rings. The molecule has 0 spiro atoms. The standard InChI is InChI=1S/C16H11NO2/c18-15-13-8-4-5-9-14(13)16(19)17(15)11-10-12-6-2-1-3-7-12/h1-11H. The molecule has 1 heterocycles. The number of imide groups is 1. The van der Waals surface area contributed by atoms with Crippen LogP contribution in [0.25, 0.3) is 6.08 Å². The molecule has 0 saturated carbocycles. The number of hydrogen-bond donors (Lipinski definition) is 0. The number of benzene rings is 2. The molecule has 2 amide bonds. The summed E-state index contributed by atoms with van der Waals surface area (Å²) in [6, 6.07) is 16.4. The molecule has 3 heteroatoms. The predicted octanol–water partition coefficient (Wildman–Crippen LogP) is 2.95. The topological polar surface area (TPSA) is 37.4 Å². The van der Waals surface area contributed by atoms with Crippen molar-refractivity contribution in [3.8, 4) is 0 Å². The Balaban J connectivity index is 1.91. The Morgan fingerprint density at radius 2 is 1.26 bits per heavy atom. The third kappa shape index (κ3) is 1.95. The Morgan fingerprint density at radius 1 is 0.737 bits per heavy atom. The van der Waals surface area contributed by atoms with Gasteiger partial charge in [-0.25, -0.2) is 4.90 Å². The van der Waals surface area contributed by atoms with Crippen LogP contribution >= 0.6 is 0 Å². The number of rotatable bonds is 2. The van der Waals surface area contributed by atoms with Crippen LogP contribution in [0.3, 0.4) is 0 Å². The average Bonchev–Trinajstić information content (AvgIpc) is 2.71. The molecule has 19 heavy (non-hydrogen) atoms. The highest BCUT2D eigenvalue weighted by atomic mass is 16.2. The second kappa shape index (κ2) is 4.53. The van der Waals surface area contributed by atoms with Crippen molar-refractivity contribution >= 4 is 17.9 Å². The molecule has 2 aromatic carbocycles. The van der Waals surface area contributed by atoms with Gasteiger partial charge in [0.1, 0.15) is 0 Å². The first kappa shape index (κ1) is 11.4. The lowest BCUT2D eigenvalue weighted by Crippen LogP contribution is -2.23. The van der Waals surface area contributed by atoms with Gasteiger partial charge in [0, 0.05) is 6.20 Å². The number of carbonyl (C=O) groups is 2. The molecule has 0 N–H and O–H groups in total. The highest BCUT2D eigenvalue weighted by molar-refractivity contribution is 6.22. The third-order valence-corrected chi connectivity index (χ3v) is 3.04. The summed E-state index contributed by atoms with van der Waals surface area (Å²) in [7, 11) is 0. The summed E-state index contributed by atoms with van der Waals surface area (Å²) in [6.45, 7) is 0. The van der Waals surface area contributed by atoms with Gasteiger partial charge in [0.05, 0.1) is 11.1 Å². The van der Waals surface area contributed by atoms with E-state index < -0.39 is 0 Å². The quantitative estimate of drug-likeness (QED) is 0.767. The first-order chi connectivity index (χ1) is 9.27. The van der Waals surface area contributed by atoms with Gasteiger partial charge in [0.2, 0.25) is 0 Å². The Labute approximate surface area is 110 Å². The normalized spacial score (nSPS) is 14.2. The molecule has 0 aromatic heterocycles. The van der Waals surface area contributed by atoms with Crippen molar-refractivity contribution in [3.63, 3.8) is 0 Å². The van der Waals surface area contributed by atoms with Gasteiger partial charge < -0.3 is 0 Å². The van der Waals surface area contributed by atoms with E-state index in [1.165, 1.54) is 6.20 Å². The average molecular weight is 249 g/mol. The van der Waals surface area contributed by atoms with E-state index in [2.05, 4.69) is 0 Å². The first-order valence-corrected chi connectivity index (χ1v) is 5.97. The number of fused-ring (bicyclic) bond motifs is 1. The molecule has 3 nitrogen and oxygen atoms in total. The van der Waals surface area contributed by atoms with E-state index in [4.69, 9.17) is 0 Å². The fourth-order valence-corrected chi connectivity index (χ4v) is 2.07. The van der Waals surface area contributed by atoms with Gasteiger partial charge in [-0.2, -0.15) is 0 Å². The highest BCUT2D eigenvalue weighted by Gasteiger charge is 2.33. The third-order valence-electron chi connectivity index (χ3n) is 3.04. The summed E-state index contributed by atoms with van der Waals surface area (Å²) in [4.78, 5) is 25.3. The fourth-order valence-electron chi connectivity index (χ4n) is 2.07. The molecule has 3 rings (SSSR count). The molecule has 0 aliphatic carbocycles. The van der Waals surface area contributed by atoms with E-state index in [0.29, 0.717) is 11.1 Å². The van der Waals surface area contributed by atoms with Crippen molar-refractivity contribution in [3.05, 3.63) is 77.5 Å². The minimum absolute atomic E-state index is 0.271. The number of carbonyl (C=O) groups excluding carboxylic acids is 2. The molecule has 0 atom stereocenters. The van der Waals surface area contributed by atoms with Crippen LogP contribution in [0.2, 0.25) is 0 Å². The van der Waals surface area contributed by atoms with Crippen molar-refractivity contribution in [1.82, 2.24) is 4.90 Å². The minimum atomic E-state index is -0.271. The second-order valence-corrected chi connectivity index (χ2v) is 4.25. The van der Waals surface area contributed by atoms with Gasteiger partial charge in [-0.15, -0.1) is 0 Å². The van der Waals surface area contributed by atoms with Crippen LogP contribution < -0.4 is 0 Å². The molecule has 1 aliphatic rings. The van der Waals surface area contributed by atoms with Crippen molar-refractivity contribution in [2.24, 2.45) is 0 Å². The second-order valence-electron chi connectivity index (χ2n) is 4.25. The van der Waals surface area contributed by atoms with Crippen LogP contribution in [-0.4, -0.2) is 16.7 Å². The largest absolute Gasteiger partial charge is 0.268 e. The number of hydrogen-bond acceptors (Lipinski definition) is 2. The van der Waals surface area contributed by atoms with E-state index in [9.17, 15) is 9.59 Å². The smallest absolute Gasteiger partial charge is 0.265 e. The van der Waals surface area contributed by atoms with Crippen molar-refractivity contribution in [2.75, 3.05) is 0 Å². The zero-order chi connectivity index (χ0) is 13.2. The van der Waals surface area contributed by atoms with Crippen LogP contribution in [0.4, 0.5) is 0 Å². The molecule has 0 radical (unpaired) electrons. The zero-order valence-electron chi connectivity index (χ0n) is 10.1. The molecule has 1 aliphatic heterocycles. The van der Waals surface area contributed by atoms with Gasteiger partial charge in [-0.3, -0.25) is 9.59 Å². The summed E-state index contributed by atoms with van der Waals surface area (Å²) >= 11 is 0. The van der Waals surface area contributed by atoms with Crippen molar-refractivity contribution < 1.29 is 9.59 Å². The fraction of sp³-hybridized carbons (Fsp3) is 0. The van der Waals surface area contributed by atoms with Gasteiger partial charge in [-0.05, 0) is 23.8 Å². The molecule has 0 unspecified atom stereocenters. The van der Waals surface area contributed by atoms with Gasteiger partial charge in [-0.1, -0.05) is 42.5 Å². The van der Waals surface area contributed by atoms with Gasteiger partial charge >= 0.3 is 0 Å². The Kier molecular flexibility index (Phi) is 2.72. The first-order valence-electron chi connectivity index (χ1n) is 5.97. The zero-order valence-corrected chi connectivity index (χ0v) is 10.1. The number of amides is 2. The van der Waals surface area contributed by atoms with Crippen molar-refractivity contribution in [2.45, 2.75) is 0 Å². The summed E-state index contributed by atoms with van der Waals surface area (Å²) in [5, 5.41) is 0. The summed E-state index contributed by atoms with van der Waals surface area (Å²) in [6.07, 6.45) is 3.28. The van der Waals surface area contributed by atoms with E-state index in [-0.39, 0.29) is 11.8 Å². The molecule has 92 valence electrons. The Hall–Kier alpha value is -2.68. The van der Waals surface area contributed by atoms with Crippen LogP contribution in [-0.2, 0) is 0 Å². The lowest BCUT2D eigenvalue weighted by molar-refractivity contribution is 0.0722. The van der Waals surface area contributed by atoms with E-state index >= 15 is 0 Å². The molecular weight excluding hydrogens is 238 g/mol. The maximum absolute atomic E-state index is 12.1. The lowest BCUT2D eigenvalue weighted by Gasteiger charge is -2.06. The molecular formula is C16H11NO2. The van der Waals surface area contributed by atoms with Crippen molar-refractivity contribution in [1.29, 1.82) is 0 Å². The molecule has 0 bridgehead atoms. The lowest BCUT2D eigenvalue weighted by atomic mass is 10.1. The maximum Gasteiger partial charge on any atom is 0.265 e. The van der Waals surface area contributed by atoms with E-state index in [1.807, 2.05) is 30.3 Å². The predicted molar refractivity (Wildman–Crippen MR) is 72.4 cm³/mol. The van der Waals surface area contributed by atoms with Gasteiger partial charge in [0.25, 0.3) is 11.8 Å². The highest BCUT2D eigenvalue weighted by Crippen LogP contribution is 2.22. The van der Waals surface area contributed by atoms with Crippen LogP contribution in [0.5, 0.6) is 0 Å². The van der Waals surface area contributed by atoms with Crippen LogP contribution in [0.15, 0.2) is 60.8 Å². The molecule has 0 saturated heterocycles. The maximum atomic E-state index is 12.1. The van der Waals surface area contributed by atoms with Crippen LogP contribution in [0.1, 0.15) is 26.3 Å². The summed E-state index contributed by atoms with van der Waals surface area (Å²) < 4.78 is 0. The number of nitrogens with zero attached hydrogens (tertiary/aromatic N) is 1. The molecule has 0 fully saturated rings. The van der Waals surface area contributed by atoms with Crippen LogP contribution in [0, 0.1) is 0 Å². The monoisotopic (exact) mass is 249 g/mol. The SMILES string of the molecule is O=C1c2ccccc2C(=O)N1C=Cc1ccccc1. The minimum Gasteiger partial charge on any atom is -0.268 e. The van der Waals surface area contributed by atoms with Gasteiger partial charge in [0.15, 0.2) is 0 Å². The summed E-state index contributed by atoms with van der Waals surface area (Å²) in [5.41, 5.74) is 1.87. The Morgan fingerprint density at radius 3 is 1.84 bits per heavy atom. The van der Waals surface area contributed by atoms with E-state index in [1.54, 1.807) is 30.3 Å². The van der Waals surface area contributed by atoms with E-state index in [0.717, 1.165) is 10.5 Å². The summed E-state index contributed by atoms with van der Waals surface area (Å²) in [5.74, 6) is -0.541.